The average Bonchev–Trinajstić information content (AvgIpc) is 3.48. The van der Waals surface area contributed by atoms with Gasteiger partial charge in [0.05, 0.1) is 17.9 Å². The van der Waals surface area contributed by atoms with Crippen molar-refractivity contribution in [3.05, 3.63) is 53.1 Å². The molecule has 3 N–H and O–H groups in total. The summed E-state index contributed by atoms with van der Waals surface area (Å²) < 4.78 is 7.18. The van der Waals surface area contributed by atoms with Gasteiger partial charge in [-0.15, -0.1) is 23.1 Å². The second-order valence-corrected chi connectivity index (χ2v) is 9.65. The van der Waals surface area contributed by atoms with Crippen LogP contribution < -0.4 is 20.7 Å². The first-order chi connectivity index (χ1) is 16.9. The summed E-state index contributed by atoms with van der Waals surface area (Å²) >= 11 is 2.47. The summed E-state index contributed by atoms with van der Waals surface area (Å²) in [6.45, 7) is 0.233. The minimum atomic E-state index is -1.46. The first-order valence-electron chi connectivity index (χ1n) is 10.2. The molecule has 0 spiro atoms. The van der Waals surface area contributed by atoms with Crippen LogP contribution in [-0.2, 0) is 25.8 Å². The number of rotatable bonds is 7. The number of hydrogen-bond acceptors (Lipinski definition) is 11. The Hall–Kier alpha value is -3.91. The van der Waals surface area contributed by atoms with Crippen molar-refractivity contribution in [2.24, 2.45) is 5.16 Å². The summed E-state index contributed by atoms with van der Waals surface area (Å²) in [5.41, 5.74) is 6.68. The number of β-lactam (4-membered cyclic amide) rings is 1. The van der Waals surface area contributed by atoms with Gasteiger partial charge in [-0.05, 0) is 6.07 Å². The zero-order valence-electron chi connectivity index (χ0n) is 18.2. The van der Waals surface area contributed by atoms with Gasteiger partial charge in [-0.25, -0.2) is 4.98 Å². The molecular weight excluding hydrogens is 496 g/mol. The average molecular weight is 515 g/mol. The number of nitrogen functional groups attached to an aromatic ring is 1. The standard InChI is InChI=1S/C21H18N6O6S2/c1-32-25-14(12-9-35-21(22)23-12)17(28)24-15-18(29)27-16(20(30)31)11(8-34-19(15)27)6-26-4-2-10-3-5-33-13(10)7-26/h2-5,7,9,15,19H,6,8H2,1H3,(H3-,22,23,24,28,30,31)/b25-14-/t15?,19-/m1/s1. The van der Waals surface area contributed by atoms with Gasteiger partial charge in [0.1, 0.15) is 24.2 Å². The molecule has 180 valence electrons. The van der Waals surface area contributed by atoms with Crippen LogP contribution in [0.5, 0.6) is 0 Å². The number of furan rings is 1. The molecule has 5 rings (SSSR count). The zero-order chi connectivity index (χ0) is 24.7. The van der Waals surface area contributed by atoms with E-state index in [2.05, 4.69) is 15.5 Å². The van der Waals surface area contributed by atoms with E-state index in [0.29, 0.717) is 16.9 Å². The Morgan fingerprint density at radius 3 is 3.00 bits per heavy atom. The molecule has 0 aliphatic carbocycles. The van der Waals surface area contributed by atoms with E-state index in [0.717, 1.165) is 21.6 Å². The number of thioether (sulfide) groups is 1. The summed E-state index contributed by atoms with van der Waals surface area (Å²) in [6.07, 6.45) is 5.13. The number of thiazole rings is 1. The van der Waals surface area contributed by atoms with Crippen molar-refractivity contribution in [1.29, 1.82) is 0 Å². The van der Waals surface area contributed by atoms with Crippen LogP contribution in [0, 0.1) is 0 Å². The van der Waals surface area contributed by atoms with Gasteiger partial charge in [0.15, 0.2) is 29.2 Å². The van der Waals surface area contributed by atoms with Crippen LogP contribution in [0.4, 0.5) is 5.13 Å². The Morgan fingerprint density at radius 1 is 1.46 bits per heavy atom. The molecule has 1 saturated heterocycles. The highest BCUT2D eigenvalue weighted by atomic mass is 32.2. The van der Waals surface area contributed by atoms with E-state index < -0.39 is 29.2 Å². The van der Waals surface area contributed by atoms with Crippen molar-refractivity contribution in [2.75, 3.05) is 18.6 Å². The van der Waals surface area contributed by atoms with Gasteiger partial charge < -0.3 is 30.2 Å². The van der Waals surface area contributed by atoms with Crippen molar-refractivity contribution in [3.8, 4) is 0 Å². The van der Waals surface area contributed by atoms with Crippen LogP contribution in [0.1, 0.15) is 5.69 Å². The molecule has 5 heterocycles. The molecule has 3 aromatic rings. The fraction of sp³-hybridized carbons (Fsp3) is 0.238. The second kappa shape index (κ2) is 9.03. The Morgan fingerprint density at radius 2 is 2.29 bits per heavy atom. The number of hydrogen-bond donors (Lipinski definition) is 2. The predicted octanol–water partition coefficient (Wildman–Crippen LogP) is -0.786. The Bertz CT molecular complexity index is 1410. The lowest BCUT2D eigenvalue weighted by Crippen LogP contribution is -2.71. The molecule has 0 bridgehead atoms. The van der Waals surface area contributed by atoms with Gasteiger partial charge in [-0.3, -0.25) is 14.5 Å². The number of aromatic nitrogens is 2. The highest BCUT2D eigenvalue weighted by Crippen LogP contribution is 2.40. The third-order valence-corrected chi connectivity index (χ3v) is 7.53. The summed E-state index contributed by atoms with van der Waals surface area (Å²) in [5, 5.41) is 20.4. The number of aliphatic carboxylic acids is 1. The van der Waals surface area contributed by atoms with E-state index >= 15 is 0 Å². The smallest absolute Gasteiger partial charge is 0.276 e. The van der Waals surface area contributed by atoms with E-state index in [1.165, 1.54) is 24.3 Å². The molecule has 2 aliphatic rings. The third kappa shape index (κ3) is 4.10. The van der Waals surface area contributed by atoms with Crippen LogP contribution >= 0.6 is 23.1 Å². The number of carboxylic acids is 1. The van der Waals surface area contributed by atoms with Crippen molar-refractivity contribution in [1.82, 2.24) is 15.2 Å². The molecule has 35 heavy (non-hydrogen) atoms. The fourth-order valence-electron chi connectivity index (χ4n) is 3.96. The van der Waals surface area contributed by atoms with E-state index in [1.807, 2.05) is 12.1 Å². The van der Waals surface area contributed by atoms with Gasteiger partial charge in [0.2, 0.25) is 6.20 Å². The molecule has 1 unspecified atom stereocenters. The number of nitrogens with one attached hydrogen (secondary N) is 1. The molecule has 2 aliphatic heterocycles. The number of anilines is 1. The number of oxime groups is 1. The first kappa shape index (κ1) is 22.9. The SMILES string of the molecule is CO/N=C(\C(=O)NC1C(=O)N2C(C(=O)[O-])=C(C[n+]3ccc4ccoc4c3)CS[C@H]12)c1csc(N)n1. The number of fused-ring (bicyclic) bond motifs is 2. The summed E-state index contributed by atoms with van der Waals surface area (Å²) in [7, 11) is 1.27. The lowest BCUT2D eigenvalue weighted by molar-refractivity contribution is -0.688. The van der Waals surface area contributed by atoms with Gasteiger partial charge in [-0.2, -0.15) is 4.57 Å². The van der Waals surface area contributed by atoms with Crippen molar-refractivity contribution < 1.29 is 33.3 Å². The number of carbonyl (C=O) groups is 3. The molecular formula is C21H18N6O6S2. The number of carboxylic acid groups (broad SMARTS) is 1. The summed E-state index contributed by atoms with van der Waals surface area (Å²) in [5.74, 6) is -2.38. The lowest BCUT2D eigenvalue weighted by Gasteiger charge is -2.50. The van der Waals surface area contributed by atoms with Crippen molar-refractivity contribution in [3.63, 3.8) is 0 Å². The summed E-state index contributed by atoms with van der Waals surface area (Å²) in [4.78, 5) is 47.7. The highest BCUT2D eigenvalue weighted by molar-refractivity contribution is 8.00. The van der Waals surface area contributed by atoms with E-state index in [4.69, 9.17) is 15.0 Å². The van der Waals surface area contributed by atoms with Gasteiger partial charge in [-0.1, -0.05) is 5.16 Å². The van der Waals surface area contributed by atoms with Gasteiger partial charge in [0, 0.05) is 28.2 Å². The van der Waals surface area contributed by atoms with Crippen molar-refractivity contribution >= 4 is 62.7 Å². The second-order valence-electron chi connectivity index (χ2n) is 7.65. The topological polar surface area (TPSA) is 167 Å². The maximum atomic E-state index is 13.0. The highest BCUT2D eigenvalue weighted by Gasteiger charge is 2.53. The zero-order valence-corrected chi connectivity index (χ0v) is 19.8. The van der Waals surface area contributed by atoms with E-state index in [9.17, 15) is 19.5 Å². The van der Waals surface area contributed by atoms with Gasteiger partial charge in [0.25, 0.3) is 11.8 Å². The quantitative estimate of drug-likeness (QED) is 0.178. The van der Waals surface area contributed by atoms with Crippen molar-refractivity contribution in [2.45, 2.75) is 18.0 Å². The fourth-order valence-corrected chi connectivity index (χ4v) is 5.84. The van der Waals surface area contributed by atoms with E-state index in [-0.39, 0.29) is 28.8 Å². The number of nitrogens with zero attached hydrogens (tertiary/aromatic N) is 4. The van der Waals surface area contributed by atoms with Gasteiger partial charge >= 0.3 is 0 Å². The van der Waals surface area contributed by atoms with E-state index in [1.54, 1.807) is 23.2 Å². The number of pyridine rings is 1. The monoisotopic (exact) mass is 514 g/mol. The van der Waals surface area contributed by atoms with Crippen LogP contribution in [0.3, 0.4) is 0 Å². The lowest BCUT2D eigenvalue weighted by atomic mass is 10.0. The van der Waals surface area contributed by atoms with Crippen LogP contribution in [0.25, 0.3) is 11.0 Å². The normalized spacial score (nSPS) is 20.0. The summed E-state index contributed by atoms with van der Waals surface area (Å²) in [6, 6.07) is 2.73. The molecule has 1 fully saturated rings. The molecule has 12 nitrogen and oxygen atoms in total. The maximum Gasteiger partial charge on any atom is 0.276 e. The van der Waals surface area contributed by atoms with Crippen LogP contribution in [0.2, 0.25) is 0 Å². The molecule has 0 radical (unpaired) electrons. The maximum absolute atomic E-state index is 13.0. The van der Waals surface area contributed by atoms with Crippen LogP contribution in [0.15, 0.2) is 57.0 Å². The molecule has 3 aromatic heterocycles. The molecule has 2 amide bonds. The molecule has 2 atom stereocenters. The Balaban J connectivity index is 1.36. The Kier molecular flexibility index (Phi) is 5.90. The van der Waals surface area contributed by atoms with Crippen LogP contribution in [-0.4, -0.2) is 57.7 Å². The predicted molar refractivity (Wildman–Crippen MR) is 124 cm³/mol. The molecule has 0 saturated carbocycles. The minimum Gasteiger partial charge on any atom is -0.543 e. The first-order valence-corrected chi connectivity index (χ1v) is 12.2. The number of carbonyl (C=O) groups excluding carboxylic acids is 3. The third-order valence-electron chi connectivity index (χ3n) is 5.52. The molecule has 14 heteroatoms. The Labute approximate surface area is 206 Å². The minimum absolute atomic E-state index is 0.145. The number of amides is 2. The number of nitrogens with two attached hydrogens (primary N) is 1. The largest absolute Gasteiger partial charge is 0.543 e. The molecule has 0 aromatic carbocycles.